The maximum Gasteiger partial charge on any atom is 0.161 e. The summed E-state index contributed by atoms with van der Waals surface area (Å²) in [6.45, 7) is 4.45. The van der Waals surface area contributed by atoms with Gasteiger partial charge in [-0.2, -0.15) is 0 Å². The third-order valence-corrected chi connectivity index (χ3v) is 2.45. The van der Waals surface area contributed by atoms with Gasteiger partial charge in [-0.3, -0.25) is 0 Å². The van der Waals surface area contributed by atoms with Crippen LogP contribution in [0.3, 0.4) is 0 Å². The Labute approximate surface area is 93.1 Å². The number of aromatic nitrogens is 2. The molecule has 0 aliphatic heterocycles. The third kappa shape index (κ3) is 1.88. The summed E-state index contributed by atoms with van der Waals surface area (Å²) in [5.41, 5.74) is 1.49. The lowest BCUT2D eigenvalue weighted by Crippen LogP contribution is -1.97. The molecule has 0 radical (unpaired) electrons. The lowest BCUT2D eigenvalue weighted by molar-refractivity contribution is 0.337. The molecule has 2 aromatic rings. The minimum atomic E-state index is 0.617. The SMILES string of the molecule is CCOc1cc2c(Cl)ccnc2nc1C. The van der Waals surface area contributed by atoms with Crippen molar-refractivity contribution in [3.63, 3.8) is 0 Å². The highest BCUT2D eigenvalue weighted by atomic mass is 35.5. The van der Waals surface area contributed by atoms with Crippen LogP contribution >= 0.6 is 11.6 Å². The van der Waals surface area contributed by atoms with E-state index in [-0.39, 0.29) is 0 Å². The van der Waals surface area contributed by atoms with E-state index in [0.29, 0.717) is 17.3 Å². The van der Waals surface area contributed by atoms with Crippen molar-refractivity contribution in [2.24, 2.45) is 0 Å². The van der Waals surface area contributed by atoms with E-state index >= 15 is 0 Å². The van der Waals surface area contributed by atoms with Crippen LogP contribution in [0.5, 0.6) is 5.75 Å². The van der Waals surface area contributed by atoms with Crippen molar-refractivity contribution in [2.45, 2.75) is 13.8 Å². The van der Waals surface area contributed by atoms with Crippen LogP contribution in [-0.2, 0) is 0 Å². The van der Waals surface area contributed by atoms with Crippen LogP contribution in [0, 0.1) is 6.92 Å². The standard InChI is InChI=1S/C11H11ClN2O/c1-3-15-10-6-8-9(12)4-5-13-11(8)14-7(10)2/h4-6H,3H2,1-2H3. The zero-order chi connectivity index (χ0) is 10.8. The fraction of sp³-hybridized carbons (Fsp3) is 0.273. The Hall–Kier alpha value is -1.35. The first-order chi connectivity index (χ1) is 7.22. The van der Waals surface area contributed by atoms with Gasteiger partial charge in [-0.25, -0.2) is 9.97 Å². The summed E-state index contributed by atoms with van der Waals surface area (Å²) < 4.78 is 5.45. The molecule has 0 atom stereocenters. The topological polar surface area (TPSA) is 35.0 Å². The number of aryl methyl sites for hydroxylation is 1. The highest BCUT2D eigenvalue weighted by Crippen LogP contribution is 2.26. The van der Waals surface area contributed by atoms with E-state index in [0.717, 1.165) is 16.8 Å². The van der Waals surface area contributed by atoms with Gasteiger partial charge in [0.1, 0.15) is 5.75 Å². The fourth-order valence-electron chi connectivity index (χ4n) is 1.41. The van der Waals surface area contributed by atoms with Crippen molar-refractivity contribution in [3.05, 3.63) is 29.0 Å². The Bertz CT molecular complexity index is 499. The van der Waals surface area contributed by atoms with E-state index in [9.17, 15) is 0 Å². The van der Waals surface area contributed by atoms with Crippen LogP contribution in [0.4, 0.5) is 0 Å². The Kier molecular flexibility index (Phi) is 2.73. The molecule has 2 aromatic heterocycles. The zero-order valence-corrected chi connectivity index (χ0v) is 9.38. The fourth-order valence-corrected chi connectivity index (χ4v) is 1.61. The van der Waals surface area contributed by atoms with Crippen molar-refractivity contribution >= 4 is 22.6 Å². The number of hydrogen-bond acceptors (Lipinski definition) is 3. The predicted octanol–water partition coefficient (Wildman–Crippen LogP) is 2.99. The van der Waals surface area contributed by atoms with Gasteiger partial charge in [0.15, 0.2) is 5.65 Å². The molecule has 0 unspecified atom stereocenters. The van der Waals surface area contributed by atoms with Crippen molar-refractivity contribution in [3.8, 4) is 5.75 Å². The van der Waals surface area contributed by atoms with Gasteiger partial charge in [-0.15, -0.1) is 0 Å². The van der Waals surface area contributed by atoms with Gasteiger partial charge in [0.05, 0.1) is 17.3 Å². The molecule has 15 heavy (non-hydrogen) atoms. The molecule has 4 heteroatoms. The zero-order valence-electron chi connectivity index (χ0n) is 8.62. The molecule has 0 saturated carbocycles. The smallest absolute Gasteiger partial charge is 0.161 e. The number of ether oxygens (including phenoxy) is 1. The second kappa shape index (κ2) is 4.03. The maximum atomic E-state index is 6.05. The van der Waals surface area contributed by atoms with Crippen molar-refractivity contribution < 1.29 is 4.74 Å². The van der Waals surface area contributed by atoms with Gasteiger partial charge in [0.2, 0.25) is 0 Å². The first-order valence-electron chi connectivity index (χ1n) is 4.77. The minimum absolute atomic E-state index is 0.617. The average Bonchev–Trinajstić information content (AvgIpc) is 2.21. The molecule has 0 N–H and O–H groups in total. The molecule has 2 heterocycles. The van der Waals surface area contributed by atoms with E-state index in [1.165, 1.54) is 0 Å². The molecule has 3 nitrogen and oxygen atoms in total. The van der Waals surface area contributed by atoms with E-state index < -0.39 is 0 Å². The van der Waals surface area contributed by atoms with E-state index in [1.54, 1.807) is 12.3 Å². The van der Waals surface area contributed by atoms with Crippen LogP contribution in [0.25, 0.3) is 11.0 Å². The molecule has 0 bridgehead atoms. The minimum Gasteiger partial charge on any atom is -0.492 e. The molecule has 2 rings (SSSR count). The maximum absolute atomic E-state index is 6.05. The van der Waals surface area contributed by atoms with Crippen LogP contribution in [0.1, 0.15) is 12.6 Å². The molecule has 0 aliphatic carbocycles. The summed E-state index contributed by atoms with van der Waals surface area (Å²) in [6, 6.07) is 3.63. The molecule has 0 spiro atoms. The number of nitrogens with zero attached hydrogens (tertiary/aromatic N) is 2. The first kappa shape index (κ1) is 10.2. The molecule has 0 saturated heterocycles. The summed E-state index contributed by atoms with van der Waals surface area (Å²) in [5, 5.41) is 1.47. The summed E-state index contributed by atoms with van der Waals surface area (Å²) in [6.07, 6.45) is 1.65. The number of fused-ring (bicyclic) bond motifs is 1. The largest absolute Gasteiger partial charge is 0.492 e. The highest BCUT2D eigenvalue weighted by molar-refractivity contribution is 6.35. The van der Waals surface area contributed by atoms with Gasteiger partial charge in [0, 0.05) is 11.6 Å². The van der Waals surface area contributed by atoms with Crippen molar-refractivity contribution in [2.75, 3.05) is 6.61 Å². The van der Waals surface area contributed by atoms with Gasteiger partial charge in [0.25, 0.3) is 0 Å². The number of hydrogen-bond donors (Lipinski definition) is 0. The van der Waals surface area contributed by atoms with Crippen molar-refractivity contribution in [1.82, 2.24) is 9.97 Å². The van der Waals surface area contributed by atoms with E-state index in [2.05, 4.69) is 9.97 Å². The summed E-state index contributed by atoms with van der Waals surface area (Å²) in [7, 11) is 0. The van der Waals surface area contributed by atoms with Crippen LogP contribution in [0.15, 0.2) is 18.3 Å². The Morgan fingerprint density at radius 3 is 3.00 bits per heavy atom. The van der Waals surface area contributed by atoms with Gasteiger partial charge in [-0.05, 0) is 26.0 Å². The predicted molar refractivity (Wildman–Crippen MR) is 60.5 cm³/mol. The van der Waals surface area contributed by atoms with Gasteiger partial charge < -0.3 is 4.74 Å². The van der Waals surface area contributed by atoms with Gasteiger partial charge in [-0.1, -0.05) is 11.6 Å². The average molecular weight is 223 g/mol. The summed E-state index contributed by atoms with van der Waals surface area (Å²) in [4.78, 5) is 8.49. The number of pyridine rings is 2. The van der Waals surface area contributed by atoms with Crippen LogP contribution < -0.4 is 4.74 Å². The molecular weight excluding hydrogens is 212 g/mol. The molecule has 0 aliphatic rings. The van der Waals surface area contributed by atoms with Crippen LogP contribution in [0.2, 0.25) is 5.02 Å². The molecule has 78 valence electrons. The van der Waals surface area contributed by atoms with E-state index in [1.807, 2.05) is 19.9 Å². The Morgan fingerprint density at radius 1 is 1.47 bits per heavy atom. The van der Waals surface area contributed by atoms with E-state index in [4.69, 9.17) is 16.3 Å². The van der Waals surface area contributed by atoms with Gasteiger partial charge >= 0.3 is 0 Å². The molecular formula is C11H11ClN2O. The third-order valence-electron chi connectivity index (χ3n) is 2.12. The lowest BCUT2D eigenvalue weighted by Gasteiger charge is -2.07. The Balaban J connectivity index is 2.66. The summed E-state index contributed by atoms with van der Waals surface area (Å²) in [5.74, 6) is 0.764. The molecule has 0 fully saturated rings. The molecule has 0 aromatic carbocycles. The molecule has 0 amide bonds. The highest BCUT2D eigenvalue weighted by Gasteiger charge is 2.06. The quantitative estimate of drug-likeness (QED) is 0.784. The number of halogens is 1. The normalized spacial score (nSPS) is 10.6. The van der Waals surface area contributed by atoms with Crippen molar-refractivity contribution in [1.29, 1.82) is 0 Å². The first-order valence-corrected chi connectivity index (χ1v) is 5.15. The van der Waals surface area contributed by atoms with Crippen LogP contribution in [-0.4, -0.2) is 16.6 Å². The monoisotopic (exact) mass is 222 g/mol. The lowest BCUT2D eigenvalue weighted by atomic mass is 10.2. The second-order valence-corrected chi connectivity index (χ2v) is 3.58. The second-order valence-electron chi connectivity index (χ2n) is 3.17. The summed E-state index contributed by atoms with van der Waals surface area (Å²) >= 11 is 6.05. The Morgan fingerprint density at radius 2 is 2.27 bits per heavy atom. The number of rotatable bonds is 2.